The van der Waals surface area contributed by atoms with E-state index in [9.17, 15) is 9.18 Å². The van der Waals surface area contributed by atoms with Crippen LogP contribution in [0, 0.1) is 5.82 Å². The Balaban J connectivity index is 2.18. The zero-order valence-corrected chi connectivity index (χ0v) is 12.8. The van der Waals surface area contributed by atoms with Gasteiger partial charge in [-0.15, -0.1) is 0 Å². The van der Waals surface area contributed by atoms with Crippen LogP contribution in [0.1, 0.15) is 35.7 Å². The fourth-order valence-electron chi connectivity index (χ4n) is 2.65. The Kier molecular flexibility index (Phi) is 5.05. The third-order valence-electron chi connectivity index (χ3n) is 3.77. The molecule has 1 heterocycles. The lowest BCUT2D eigenvalue weighted by atomic mass is 9.98. The first-order valence-corrected chi connectivity index (χ1v) is 8.26. The second-order valence-corrected chi connectivity index (χ2v) is 6.24. The number of thioether (sulfide) groups is 1. The highest BCUT2D eigenvalue weighted by molar-refractivity contribution is 7.97. The Morgan fingerprint density at radius 1 is 1.55 bits per heavy atom. The minimum Gasteiger partial charge on any atom is -0.336 e. The number of amides is 1. The van der Waals surface area contributed by atoms with Crippen LogP contribution < -0.4 is 5.73 Å². The molecular weight excluding hydrogens is 275 g/mol. The molecule has 1 aromatic rings. The van der Waals surface area contributed by atoms with E-state index >= 15 is 0 Å². The van der Waals surface area contributed by atoms with Crippen LogP contribution in [-0.4, -0.2) is 35.7 Å². The minimum atomic E-state index is -0.246. The molecule has 1 aliphatic rings. The molecule has 0 bridgehead atoms. The molecule has 0 aliphatic carbocycles. The minimum absolute atomic E-state index is 0.0215. The Morgan fingerprint density at radius 3 is 2.95 bits per heavy atom. The maximum absolute atomic E-state index is 13.6. The molecule has 110 valence electrons. The second-order valence-electron chi connectivity index (χ2n) is 5.37. The van der Waals surface area contributed by atoms with Gasteiger partial charge in [-0.3, -0.25) is 4.79 Å². The number of carbonyl (C=O) groups excluding carboxylic acids is 1. The topological polar surface area (TPSA) is 46.3 Å². The van der Waals surface area contributed by atoms with E-state index in [1.807, 2.05) is 18.1 Å². The summed E-state index contributed by atoms with van der Waals surface area (Å²) in [5.74, 6) is 0.310. The van der Waals surface area contributed by atoms with Gasteiger partial charge in [0.25, 0.3) is 5.91 Å². The number of hydrogen-bond donors (Lipinski definition) is 1. The SMILES string of the molecule is CSCc1cc(C(=O)N2CC[C@H](N)C[C@H]2C)ccc1F. The summed E-state index contributed by atoms with van der Waals surface area (Å²) in [6.07, 6.45) is 3.57. The van der Waals surface area contributed by atoms with Gasteiger partial charge < -0.3 is 10.6 Å². The van der Waals surface area contributed by atoms with Crippen molar-refractivity contribution in [3.05, 3.63) is 35.1 Å². The summed E-state index contributed by atoms with van der Waals surface area (Å²) in [5, 5.41) is 0. The number of rotatable bonds is 3. The van der Waals surface area contributed by atoms with Crippen molar-refractivity contribution in [1.29, 1.82) is 0 Å². The normalized spacial score (nSPS) is 22.9. The van der Waals surface area contributed by atoms with E-state index in [2.05, 4.69) is 0 Å². The van der Waals surface area contributed by atoms with Crippen molar-refractivity contribution in [2.75, 3.05) is 12.8 Å². The van der Waals surface area contributed by atoms with Crippen molar-refractivity contribution in [2.24, 2.45) is 5.73 Å². The lowest BCUT2D eigenvalue weighted by molar-refractivity contribution is 0.0619. The van der Waals surface area contributed by atoms with Crippen molar-refractivity contribution >= 4 is 17.7 Å². The van der Waals surface area contributed by atoms with Crippen molar-refractivity contribution in [3.63, 3.8) is 0 Å². The van der Waals surface area contributed by atoms with Crippen molar-refractivity contribution < 1.29 is 9.18 Å². The van der Waals surface area contributed by atoms with Gasteiger partial charge in [-0.05, 0) is 49.8 Å². The molecule has 2 rings (SSSR count). The third kappa shape index (κ3) is 3.33. The Hall–Kier alpha value is -1.07. The second kappa shape index (κ2) is 6.59. The summed E-state index contributed by atoms with van der Waals surface area (Å²) in [5.41, 5.74) is 7.07. The van der Waals surface area contributed by atoms with E-state index in [-0.39, 0.29) is 23.8 Å². The van der Waals surface area contributed by atoms with Crippen molar-refractivity contribution in [2.45, 2.75) is 37.6 Å². The lowest BCUT2D eigenvalue weighted by Gasteiger charge is -2.36. The molecule has 5 heteroatoms. The molecule has 0 spiro atoms. The van der Waals surface area contributed by atoms with Gasteiger partial charge >= 0.3 is 0 Å². The largest absolute Gasteiger partial charge is 0.336 e. The highest BCUT2D eigenvalue weighted by Gasteiger charge is 2.27. The third-order valence-corrected chi connectivity index (χ3v) is 4.37. The zero-order valence-electron chi connectivity index (χ0n) is 11.9. The van der Waals surface area contributed by atoms with E-state index < -0.39 is 0 Å². The molecule has 3 nitrogen and oxygen atoms in total. The Labute approximate surface area is 123 Å². The number of benzene rings is 1. The molecule has 1 fully saturated rings. The van der Waals surface area contributed by atoms with Gasteiger partial charge in [-0.25, -0.2) is 4.39 Å². The fraction of sp³-hybridized carbons (Fsp3) is 0.533. The molecule has 1 aliphatic heterocycles. The van der Waals surface area contributed by atoms with Gasteiger partial charge in [0.05, 0.1) is 0 Å². The highest BCUT2D eigenvalue weighted by Crippen LogP contribution is 2.21. The van der Waals surface area contributed by atoms with Gasteiger partial charge in [0, 0.05) is 29.9 Å². The first-order valence-electron chi connectivity index (χ1n) is 6.87. The van der Waals surface area contributed by atoms with Crippen LogP contribution in [0.5, 0.6) is 0 Å². The predicted molar refractivity (Wildman–Crippen MR) is 81.3 cm³/mol. The summed E-state index contributed by atoms with van der Waals surface area (Å²) >= 11 is 1.54. The van der Waals surface area contributed by atoms with Gasteiger partial charge in [-0.1, -0.05) is 0 Å². The summed E-state index contributed by atoms with van der Waals surface area (Å²) in [4.78, 5) is 14.4. The lowest BCUT2D eigenvalue weighted by Crippen LogP contribution is -2.48. The molecule has 0 radical (unpaired) electrons. The maximum atomic E-state index is 13.6. The van der Waals surface area contributed by atoms with E-state index in [0.717, 1.165) is 12.8 Å². The Bertz CT molecular complexity index is 495. The number of nitrogens with two attached hydrogens (primary N) is 1. The molecule has 2 atom stereocenters. The van der Waals surface area contributed by atoms with E-state index in [0.29, 0.717) is 23.4 Å². The van der Waals surface area contributed by atoms with E-state index in [4.69, 9.17) is 5.73 Å². The average molecular weight is 296 g/mol. The summed E-state index contributed by atoms with van der Waals surface area (Å²) in [7, 11) is 0. The molecule has 1 aromatic carbocycles. The van der Waals surface area contributed by atoms with Gasteiger partial charge in [-0.2, -0.15) is 11.8 Å². The molecule has 20 heavy (non-hydrogen) atoms. The fourth-order valence-corrected chi connectivity index (χ4v) is 3.18. The van der Waals surface area contributed by atoms with Gasteiger partial charge in [0.1, 0.15) is 5.82 Å². The number of hydrogen-bond acceptors (Lipinski definition) is 3. The van der Waals surface area contributed by atoms with Gasteiger partial charge in [0.15, 0.2) is 0 Å². The summed E-state index contributed by atoms with van der Waals surface area (Å²) in [6.45, 7) is 2.69. The summed E-state index contributed by atoms with van der Waals surface area (Å²) in [6, 6.07) is 4.95. The van der Waals surface area contributed by atoms with Crippen LogP contribution in [0.2, 0.25) is 0 Å². The first-order chi connectivity index (χ1) is 9.52. The number of nitrogens with zero attached hydrogens (tertiary/aromatic N) is 1. The van der Waals surface area contributed by atoms with E-state index in [1.165, 1.54) is 6.07 Å². The zero-order chi connectivity index (χ0) is 14.7. The van der Waals surface area contributed by atoms with E-state index in [1.54, 1.807) is 23.9 Å². The van der Waals surface area contributed by atoms with Crippen LogP contribution in [0.4, 0.5) is 4.39 Å². The first kappa shape index (κ1) is 15.3. The molecule has 1 amide bonds. The molecular formula is C15H21FN2OS. The highest BCUT2D eigenvalue weighted by atomic mass is 32.2. The average Bonchev–Trinajstić information content (AvgIpc) is 2.41. The quantitative estimate of drug-likeness (QED) is 0.932. The predicted octanol–water partition coefficient (Wildman–Crippen LogP) is 2.64. The summed E-state index contributed by atoms with van der Waals surface area (Å²) < 4.78 is 13.6. The Morgan fingerprint density at radius 2 is 2.30 bits per heavy atom. The molecule has 1 saturated heterocycles. The molecule has 2 N–H and O–H groups in total. The van der Waals surface area contributed by atoms with Crippen LogP contribution in [0.25, 0.3) is 0 Å². The maximum Gasteiger partial charge on any atom is 0.254 e. The number of carbonyl (C=O) groups is 1. The monoisotopic (exact) mass is 296 g/mol. The van der Waals surface area contributed by atoms with Crippen LogP contribution in [0.15, 0.2) is 18.2 Å². The van der Waals surface area contributed by atoms with Crippen LogP contribution in [0.3, 0.4) is 0 Å². The molecule has 0 saturated carbocycles. The number of piperidine rings is 1. The number of likely N-dealkylation sites (tertiary alicyclic amines) is 1. The van der Waals surface area contributed by atoms with Crippen LogP contribution in [-0.2, 0) is 5.75 Å². The smallest absolute Gasteiger partial charge is 0.254 e. The standard InChI is InChI=1S/C15H21FN2OS/c1-10-7-13(17)5-6-18(10)15(19)11-3-4-14(16)12(8-11)9-20-2/h3-4,8,10,13H,5-7,9,17H2,1-2H3/t10-,13+/m1/s1. The van der Waals surface area contributed by atoms with Crippen molar-refractivity contribution in [1.82, 2.24) is 4.90 Å². The van der Waals surface area contributed by atoms with Crippen molar-refractivity contribution in [3.8, 4) is 0 Å². The van der Waals surface area contributed by atoms with Crippen LogP contribution >= 0.6 is 11.8 Å². The molecule has 0 unspecified atom stereocenters. The van der Waals surface area contributed by atoms with Gasteiger partial charge in [0.2, 0.25) is 0 Å². The number of halogens is 1. The molecule has 0 aromatic heterocycles.